The zero-order valence-corrected chi connectivity index (χ0v) is 14.9. The molecule has 0 saturated carbocycles. The number of thiazole rings is 1. The Balaban J connectivity index is 0.00000242. The fourth-order valence-electron chi connectivity index (χ4n) is 1.84. The molecule has 1 amide bonds. The first-order valence-electron chi connectivity index (χ1n) is 6.86. The van der Waals surface area contributed by atoms with Crippen LogP contribution in [-0.4, -0.2) is 24.0 Å². The van der Waals surface area contributed by atoms with E-state index in [1.54, 1.807) is 17.5 Å². The standard InChI is InChI=1S/C15H18FN3OS.2ClH/c16-12-5-3-11(4-6-12)9-14-19-13(10-21-14)15(20)18-8-2-1-7-17;;/h3-6,10H,1-2,7-9,17H2,(H,18,20);2*1H. The molecule has 0 fully saturated rings. The highest BCUT2D eigenvalue weighted by Crippen LogP contribution is 2.15. The largest absolute Gasteiger partial charge is 0.351 e. The van der Waals surface area contributed by atoms with Crippen LogP contribution in [-0.2, 0) is 6.42 Å². The van der Waals surface area contributed by atoms with Crippen LogP contribution < -0.4 is 11.1 Å². The van der Waals surface area contributed by atoms with Gasteiger partial charge in [-0.2, -0.15) is 0 Å². The minimum Gasteiger partial charge on any atom is -0.351 e. The van der Waals surface area contributed by atoms with E-state index < -0.39 is 0 Å². The molecule has 4 nitrogen and oxygen atoms in total. The van der Waals surface area contributed by atoms with Crippen LogP contribution in [0.1, 0.15) is 33.9 Å². The number of nitrogens with zero attached hydrogens (tertiary/aromatic N) is 1. The second kappa shape index (κ2) is 11.3. The molecule has 1 aromatic carbocycles. The molecular weight excluding hydrogens is 360 g/mol. The summed E-state index contributed by atoms with van der Waals surface area (Å²) in [6.07, 6.45) is 2.37. The van der Waals surface area contributed by atoms with Crippen LogP contribution in [0.2, 0.25) is 0 Å². The van der Waals surface area contributed by atoms with Crippen LogP contribution >= 0.6 is 36.2 Å². The fraction of sp³-hybridized carbons (Fsp3) is 0.333. The Labute approximate surface area is 151 Å². The smallest absolute Gasteiger partial charge is 0.270 e. The van der Waals surface area contributed by atoms with Gasteiger partial charge in [-0.05, 0) is 37.1 Å². The summed E-state index contributed by atoms with van der Waals surface area (Å²) < 4.78 is 12.8. The van der Waals surface area contributed by atoms with Crippen LogP contribution in [0.3, 0.4) is 0 Å². The third-order valence-corrected chi connectivity index (χ3v) is 3.82. The lowest BCUT2D eigenvalue weighted by Crippen LogP contribution is -2.25. The van der Waals surface area contributed by atoms with Crippen LogP contribution in [0.15, 0.2) is 29.6 Å². The first kappa shape index (κ1) is 21.8. The molecule has 2 rings (SSSR count). The molecule has 0 aliphatic heterocycles. The van der Waals surface area contributed by atoms with Crippen molar-refractivity contribution in [1.82, 2.24) is 10.3 Å². The Morgan fingerprint density at radius 2 is 1.91 bits per heavy atom. The SMILES string of the molecule is Cl.Cl.NCCCCNC(=O)c1csc(Cc2ccc(F)cc2)n1. The summed E-state index contributed by atoms with van der Waals surface area (Å²) in [5.41, 5.74) is 6.80. The monoisotopic (exact) mass is 379 g/mol. The van der Waals surface area contributed by atoms with Crippen molar-refractivity contribution in [2.75, 3.05) is 13.1 Å². The number of rotatable bonds is 7. The van der Waals surface area contributed by atoms with Gasteiger partial charge >= 0.3 is 0 Å². The van der Waals surface area contributed by atoms with Crippen LogP contribution in [0, 0.1) is 5.82 Å². The minimum absolute atomic E-state index is 0. The highest BCUT2D eigenvalue weighted by atomic mass is 35.5. The van der Waals surface area contributed by atoms with Crippen LogP contribution in [0.25, 0.3) is 0 Å². The maximum atomic E-state index is 12.8. The average Bonchev–Trinajstić information content (AvgIpc) is 2.94. The lowest BCUT2D eigenvalue weighted by molar-refractivity contribution is 0.0948. The third-order valence-electron chi connectivity index (χ3n) is 2.97. The Morgan fingerprint density at radius 3 is 2.57 bits per heavy atom. The summed E-state index contributed by atoms with van der Waals surface area (Å²) in [4.78, 5) is 16.2. The third kappa shape index (κ3) is 7.26. The summed E-state index contributed by atoms with van der Waals surface area (Å²) in [5.74, 6) is -0.413. The topological polar surface area (TPSA) is 68.0 Å². The lowest BCUT2D eigenvalue weighted by Gasteiger charge is -2.01. The minimum atomic E-state index is -0.254. The number of amides is 1. The van der Waals surface area contributed by atoms with E-state index in [4.69, 9.17) is 5.73 Å². The predicted molar refractivity (Wildman–Crippen MR) is 96.4 cm³/mol. The molecule has 1 aromatic heterocycles. The van der Waals surface area contributed by atoms with E-state index in [1.807, 2.05) is 0 Å². The van der Waals surface area contributed by atoms with Crippen molar-refractivity contribution in [2.24, 2.45) is 5.73 Å². The van der Waals surface area contributed by atoms with Crippen molar-refractivity contribution in [1.29, 1.82) is 0 Å². The van der Waals surface area contributed by atoms with E-state index in [2.05, 4.69) is 10.3 Å². The van der Waals surface area contributed by atoms with Gasteiger partial charge in [0.2, 0.25) is 0 Å². The van der Waals surface area contributed by atoms with E-state index >= 15 is 0 Å². The zero-order valence-electron chi connectivity index (χ0n) is 12.5. The number of benzene rings is 1. The van der Waals surface area contributed by atoms with Gasteiger partial charge in [-0.3, -0.25) is 4.79 Å². The summed E-state index contributed by atoms with van der Waals surface area (Å²) >= 11 is 1.43. The number of hydrogen-bond acceptors (Lipinski definition) is 4. The molecule has 0 aliphatic rings. The van der Waals surface area contributed by atoms with E-state index in [0.29, 0.717) is 25.2 Å². The molecule has 23 heavy (non-hydrogen) atoms. The lowest BCUT2D eigenvalue weighted by atomic mass is 10.1. The summed E-state index contributed by atoms with van der Waals surface area (Å²) in [6.45, 7) is 1.25. The average molecular weight is 380 g/mol. The van der Waals surface area contributed by atoms with Crippen molar-refractivity contribution in [3.8, 4) is 0 Å². The Bertz CT molecular complexity index is 593. The van der Waals surface area contributed by atoms with Crippen molar-refractivity contribution in [3.63, 3.8) is 0 Å². The molecule has 0 saturated heterocycles. The Morgan fingerprint density at radius 1 is 1.22 bits per heavy atom. The van der Waals surface area contributed by atoms with Crippen molar-refractivity contribution < 1.29 is 9.18 Å². The first-order valence-corrected chi connectivity index (χ1v) is 7.74. The second-order valence-corrected chi connectivity index (χ2v) is 5.62. The van der Waals surface area contributed by atoms with E-state index in [1.165, 1.54) is 23.5 Å². The maximum Gasteiger partial charge on any atom is 0.270 e. The Kier molecular flexibility index (Phi) is 10.7. The molecule has 128 valence electrons. The number of halogens is 3. The van der Waals surface area contributed by atoms with Gasteiger partial charge in [0.05, 0.1) is 5.01 Å². The molecule has 0 unspecified atom stereocenters. The van der Waals surface area contributed by atoms with Crippen molar-refractivity contribution in [3.05, 3.63) is 51.7 Å². The number of aromatic nitrogens is 1. The summed E-state index contributed by atoms with van der Waals surface area (Å²) in [7, 11) is 0. The highest BCUT2D eigenvalue weighted by Gasteiger charge is 2.10. The molecule has 2 aromatic rings. The van der Waals surface area contributed by atoms with E-state index in [0.717, 1.165) is 23.4 Å². The number of nitrogens with one attached hydrogen (secondary N) is 1. The van der Waals surface area contributed by atoms with Gasteiger partial charge in [-0.25, -0.2) is 9.37 Å². The number of nitrogens with two attached hydrogens (primary N) is 1. The molecule has 3 N–H and O–H groups in total. The normalized spacial score (nSPS) is 9.65. The number of carbonyl (C=O) groups is 1. The van der Waals surface area contributed by atoms with Crippen molar-refractivity contribution in [2.45, 2.75) is 19.3 Å². The fourth-order valence-corrected chi connectivity index (χ4v) is 2.64. The van der Waals surface area contributed by atoms with Crippen molar-refractivity contribution >= 4 is 42.1 Å². The number of unbranched alkanes of at least 4 members (excludes halogenated alkanes) is 1. The molecule has 0 radical (unpaired) electrons. The van der Waals surface area contributed by atoms with Crippen LogP contribution in [0.5, 0.6) is 0 Å². The Hall–Kier alpha value is -1.21. The van der Waals surface area contributed by atoms with Crippen LogP contribution in [0.4, 0.5) is 4.39 Å². The molecule has 0 bridgehead atoms. The number of hydrogen-bond donors (Lipinski definition) is 2. The van der Waals surface area contributed by atoms with Gasteiger partial charge in [0.1, 0.15) is 11.5 Å². The van der Waals surface area contributed by atoms with E-state index in [-0.39, 0.29) is 36.5 Å². The summed E-state index contributed by atoms with van der Waals surface area (Å²) in [6, 6.07) is 6.30. The molecule has 0 aliphatic carbocycles. The second-order valence-electron chi connectivity index (χ2n) is 4.68. The summed E-state index contributed by atoms with van der Waals surface area (Å²) in [5, 5.41) is 5.41. The quantitative estimate of drug-likeness (QED) is 0.725. The van der Waals surface area contributed by atoms with E-state index in [9.17, 15) is 9.18 Å². The molecule has 0 atom stereocenters. The van der Waals surface area contributed by atoms with Gasteiger partial charge in [-0.15, -0.1) is 36.2 Å². The van der Waals surface area contributed by atoms with Gasteiger partial charge in [0.25, 0.3) is 5.91 Å². The van der Waals surface area contributed by atoms with Gasteiger partial charge in [-0.1, -0.05) is 12.1 Å². The van der Waals surface area contributed by atoms with Gasteiger partial charge < -0.3 is 11.1 Å². The highest BCUT2D eigenvalue weighted by molar-refractivity contribution is 7.09. The molecule has 0 spiro atoms. The predicted octanol–water partition coefficient (Wildman–Crippen LogP) is 3.19. The maximum absolute atomic E-state index is 12.8. The zero-order chi connectivity index (χ0) is 15.1. The molecular formula is C15H20Cl2FN3OS. The number of carbonyl (C=O) groups excluding carboxylic acids is 1. The molecule has 1 heterocycles. The molecule has 8 heteroatoms. The van der Waals surface area contributed by atoms with Gasteiger partial charge in [0.15, 0.2) is 0 Å². The van der Waals surface area contributed by atoms with Gasteiger partial charge in [0, 0.05) is 18.3 Å². The first-order chi connectivity index (χ1) is 10.2.